The predicted molar refractivity (Wildman–Crippen MR) is 46.3 cm³/mol. The average molecular weight is 266 g/mol. The van der Waals surface area contributed by atoms with Gasteiger partial charge in [-0.3, -0.25) is 40.5 Å². The van der Waals surface area contributed by atoms with Crippen molar-refractivity contribution in [3.63, 3.8) is 0 Å². The van der Waals surface area contributed by atoms with Gasteiger partial charge < -0.3 is 5.21 Å². The minimum absolute atomic E-state index is 0.156. The van der Waals surface area contributed by atoms with Crippen molar-refractivity contribution in [2.45, 2.75) is 11.6 Å². The number of nitrogens with zero attached hydrogens (tertiary/aromatic N) is 5. The highest BCUT2D eigenvalue weighted by Crippen LogP contribution is 2.29. The maximum absolute atomic E-state index is 11.2. The van der Waals surface area contributed by atoms with E-state index in [0.29, 0.717) is 0 Å². The molecule has 0 fully saturated rings. The van der Waals surface area contributed by atoms with Crippen LogP contribution in [-0.4, -0.2) is 37.6 Å². The minimum Gasteiger partial charge on any atom is -0.617 e. The van der Waals surface area contributed by atoms with E-state index >= 15 is 0 Å². The predicted octanol–water partition coefficient (Wildman–Crippen LogP) is -3.17. The van der Waals surface area contributed by atoms with Gasteiger partial charge in [-0.15, -0.1) is 0 Å². The molecule has 0 radical (unpaired) electrons. The molecule has 18 heavy (non-hydrogen) atoms. The molecular weight excluding hydrogens is 264 g/mol. The molecule has 0 aromatic heterocycles. The van der Waals surface area contributed by atoms with Crippen LogP contribution >= 0.6 is 0 Å². The van der Waals surface area contributed by atoms with Crippen LogP contribution in [0.3, 0.4) is 0 Å². The normalized spacial score (nSPS) is 23.5. The van der Waals surface area contributed by atoms with Crippen LogP contribution < -0.4 is 5.06 Å². The van der Waals surface area contributed by atoms with Crippen LogP contribution in [0.4, 0.5) is 0 Å². The molecular formula is C3H2N6O9. The van der Waals surface area contributed by atoms with Crippen LogP contribution in [0, 0.1) is 45.7 Å². The van der Waals surface area contributed by atoms with Gasteiger partial charge >= 0.3 is 11.6 Å². The number of quaternary nitrogens is 1. The van der Waals surface area contributed by atoms with Crippen molar-refractivity contribution >= 4 is 6.34 Å². The van der Waals surface area contributed by atoms with Crippen LogP contribution in [0.15, 0.2) is 4.99 Å². The second-order valence-electron chi connectivity index (χ2n) is 2.96. The molecule has 1 rings (SSSR count). The fraction of sp³-hybridized carbons (Fsp3) is 0.667. The lowest BCUT2D eigenvalue weighted by Crippen LogP contribution is -3.19. The Morgan fingerprint density at radius 1 is 0.889 bits per heavy atom. The van der Waals surface area contributed by atoms with E-state index in [1.165, 1.54) is 0 Å². The number of hydrogen-bond acceptors (Lipinski definition) is 10. The van der Waals surface area contributed by atoms with Gasteiger partial charge in [0.1, 0.15) is 9.85 Å². The Balaban J connectivity index is 3.75. The van der Waals surface area contributed by atoms with E-state index in [2.05, 4.69) is 4.99 Å². The Morgan fingerprint density at radius 3 is 1.50 bits per heavy atom. The van der Waals surface area contributed by atoms with Crippen LogP contribution in [0.25, 0.3) is 0 Å². The number of aliphatic imine (C=N–C) groups is 1. The number of hydroxylamine groups is 2. The van der Waals surface area contributed by atoms with Gasteiger partial charge in [0, 0.05) is 0 Å². The summed E-state index contributed by atoms with van der Waals surface area (Å²) >= 11 is 0. The van der Waals surface area contributed by atoms with E-state index in [9.17, 15) is 45.7 Å². The highest BCUT2D eigenvalue weighted by molar-refractivity contribution is 5.47. The lowest BCUT2D eigenvalue weighted by Gasteiger charge is -2.19. The third kappa shape index (κ3) is 1.10. The van der Waals surface area contributed by atoms with E-state index in [-0.39, 0.29) is 6.34 Å². The summed E-state index contributed by atoms with van der Waals surface area (Å²) in [4.78, 5) is 37.2. The molecule has 0 amide bonds. The Kier molecular flexibility index (Phi) is 2.65. The number of hydrogen-bond donors (Lipinski definition) is 1. The summed E-state index contributed by atoms with van der Waals surface area (Å²) in [5, 5.41) is 51.7. The first-order chi connectivity index (χ1) is 8.15. The quantitative estimate of drug-likeness (QED) is 0.234. The van der Waals surface area contributed by atoms with Crippen LogP contribution in [-0.2, 0) is 0 Å². The summed E-state index contributed by atoms with van der Waals surface area (Å²) in [6.07, 6.45) is -0.156. The van der Waals surface area contributed by atoms with Crippen molar-refractivity contribution in [3.8, 4) is 0 Å². The van der Waals surface area contributed by atoms with Gasteiger partial charge in [0.15, 0.2) is 9.85 Å². The zero-order chi connectivity index (χ0) is 14.3. The fourth-order valence-electron chi connectivity index (χ4n) is 1.40. The first kappa shape index (κ1) is 13.3. The van der Waals surface area contributed by atoms with Gasteiger partial charge in [0.2, 0.25) is 6.34 Å². The number of rotatable bonds is 4. The smallest absolute Gasteiger partial charge is 0.617 e. The average Bonchev–Trinajstić information content (AvgIpc) is 2.53. The summed E-state index contributed by atoms with van der Waals surface area (Å²) in [5.74, 6) is -8.52. The second kappa shape index (κ2) is 3.60. The van der Waals surface area contributed by atoms with E-state index in [1.54, 1.807) is 0 Å². The molecule has 98 valence electrons. The van der Waals surface area contributed by atoms with Crippen molar-refractivity contribution in [2.75, 3.05) is 0 Å². The lowest BCUT2D eigenvalue weighted by molar-refractivity contribution is -1.12. The standard InChI is InChI=1S/C3H2N6O9/c10-5-1-4-2(6(11)12,7(13)14)3(5,8(15)16)9(17)18/h1,5H. The minimum atomic E-state index is -4.31. The lowest BCUT2D eigenvalue weighted by atomic mass is 10.2. The summed E-state index contributed by atoms with van der Waals surface area (Å²) in [6, 6.07) is 0. The maximum atomic E-state index is 11.2. The topological polar surface area (TPSA) is 212 Å². The molecule has 0 aromatic carbocycles. The van der Waals surface area contributed by atoms with Gasteiger partial charge in [-0.2, -0.15) is 5.06 Å². The Hall–Kier alpha value is -2.81. The molecule has 0 aliphatic carbocycles. The first-order valence-corrected chi connectivity index (χ1v) is 3.83. The monoisotopic (exact) mass is 266 g/mol. The zero-order valence-electron chi connectivity index (χ0n) is 7.99. The van der Waals surface area contributed by atoms with Gasteiger partial charge in [-0.25, -0.2) is 0 Å². The van der Waals surface area contributed by atoms with Crippen LogP contribution in [0.1, 0.15) is 0 Å². The summed E-state index contributed by atoms with van der Waals surface area (Å²) in [7, 11) is 0. The third-order valence-electron chi connectivity index (χ3n) is 2.21. The molecule has 0 saturated heterocycles. The molecule has 1 atom stereocenters. The molecule has 0 spiro atoms. The maximum Gasteiger partial charge on any atom is 0.768 e. The molecule has 0 saturated carbocycles. The molecule has 0 bridgehead atoms. The summed E-state index contributed by atoms with van der Waals surface area (Å²) < 4.78 is 0. The first-order valence-electron chi connectivity index (χ1n) is 3.83. The van der Waals surface area contributed by atoms with E-state index in [4.69, 9.17) is 0 Å². The van der Waals surface area contributed by atoms with Crippen molar-refractivity contribution < 1.29 is 24.8 Å². The van der Waals surface area contributed by atoms with Crippen LogP contribution in [0.5, 0.6) is 0 Å². The largest absolute Gasteiger partial charge is 0.768 e. The van der Waals surface area contributed by atoms with Gasteiger partial charge in [-0.05, 0) is 0 Å². The molecule has 1 N–H and O–H groups in total. The molecule has 15 heteroatoms. The highest BCUT2D eigenvalue weighted by atomic mass is 16.7. The number of nitro groups is 4. The molecule has 15 nitrogen and oxygen atoms in total. The third-order valence-corrected chi connectivity index (χ3v) is 2.21. The molecule has 1 aliphatic heterocycles. The van der Waals surface area contributed by atoms with Gasteiger partial charge in [0.05, 0.1) is 0 Å². The van der Waals surface area contributed by atoms with Gasteiger partial charge in [0.25, 0.3) is 0 Å². The summed E-state index contributed by atoms with van der Waals surface area (Å²) in [5.41, 5.74) is 0. The number of nitrogens with one attached hydrogen (secondary N) is 1. The van der Waals surface area contributed by atoms with Gasteiger partial charge in [-0.1, -0.05) is 4.99 Å². The summed E-state index contributed by atoms with van der Waals surface area (Å²) in [6.45, 7) is 0. The molecule has 1 unspecified atom stereocenters. The molecule has 1 heterocycles. The second-order valence-corrected chi connectivity index (χ2v) is 2.96. The van der Waals surface area contributed by atoms with Crippen molar-refractivity contribution in [2.24, 2.45) is 4.99 Å². The van der Waals surface area contributed by atoms with E-state index in [1.807, 2.05) is 0 Å². The molecule has 1 aliphatic rings. The van der Waals surface area contributed by atoms with E-state index < -0.39 is 36.3 Å². The highest BCUT2D eigenvalue weighted by Gasteiger charge is 3.01. The van der Waals surface area contributed by atoms with Crippen LogP contribution in [0.2, 0.25) is 0 Å². The Bertz CT molecular complexity index is 455. The van der Waals surface area contributed by atoms with E-state index in [0.717, 1.165) is 0 Å². The Labute approximate surface area is 94.5 Å². The Morgan fingerprint density at radius 2 is 1.28 bits per heavy atom. The zero-order valence-corrected chi connectivity index (χ0v) is 7.99. The fourth-order valence-corrected chi connectivity index (χ4v) is 1.40. The molecule has 0 aromatic rings. The van der Waals surface area contributed by atoms with Crippen molar-refractivity contribution in [3.05, 3.63) is 45.7 Å². The van der Waals surface area contributed by atoms with Crippen molar-refractivity contribution in [1.29, 1.82) is 0 Å². The SMILES string of the molecule is O=[N+]([O-])C1([N+](=O)[O-])N=C[NH+]([O-])C1([N+](=O)[O-])[N+](=O)[O-]. The van der Waals surface area contributed by atoms with Crippen molar-refractivity contribution in [1.82, 2.24) is 0 Å².